The van der Waals surface area contributed by atoms with Crippen molar-refractivity contribution in [2.75, 3.05) is 13.1 Å². The summed E-state index contributed by atoms with van der Waals surface area (Å²) >= 11 is 0. The molecule has 1 atom stereocenters. The van der Waals surface area contributed by atoms with E-state index in [1.807, 2.05) is 24.3 Å². The molecule has 3 N–H and O–H groups in total. The van der Waals surface area contributed by atoms with Crippen LogP contribution in [0.15, 0.2) is 53.5 Å². The van der Waals surface area contributed by atoms with Gasteiger partial charge in [-0.2, -0.15) is 0 Å². The molecule has 0 aliphatic carbocycles. The average molecular weight is 380 g/mol. The van der Waals surface area contributed by atoms with Gasteiger partial charge in [-0.25, -0.2) is 0 Å². The Morgan fingerprint density at radius 2 is 2.00 bits per heavy atom. The molecular weight excluding hydrogens is 360 g/mol. The molecule has 8 nitrogen and oxygen atoms in total. The van der Waals surface area contributed by atoms with Gasteiger partial charge in [-0.05, 0) is 25.0 Å². The highest BCUT2D eigenvalue weighted by molar-refractivity contribution is 6.07. The maximum Gasteiger partial charge on any atom is 0.271 e. The molecule has 0 saturated carbocycles. The van der Waals surface area contributed by atoms with Crippen molar-refractivity contribution in [1.29, 1.82) is 0 Å². The van der Waals surface area contributed by atoms with Crippen molar-refractivity contribution >= 4 is 28.6 Å². The molecule has 2 aromatic heterocycles. The molecule has 144 valence electrons. The Labute approximate surface area is 160 Å². The first kappa shape index (κ1) is 17.8. The number of carbonyl (C=O) groups is 3. The Morgan fingerprint density at radius 1 is 1.14 bits per heavy atom. The molecule has 0 spiro atoms. The normalized spacial score (nSPS) is 16.7. The highest BCUT2D eigenvalue weighted by atomic mass is 16.3. The first-order chi connectivity index (χ1) is 13.6. The Hall–Kier alpha value is -3.55. The summed E-state index contributed by atoms with van der Waals surface area (Å²) in [6, 6.07) is 9.04. The highest BCUT2D eigenvalue weighted by Crippen LogP contribution is 2.20. The van der Waals surface area contributed by atoms with Gasteiger partial charge in [0.25, 0.3) is 11.8 Å². The van der Waals surface area contributed by atoms with E-state index in [0.717, 1.165) is 17.3 Å². The molecule has 0 bridgehead atoms. The fourth-order valence-electron chi connectivity index (χ4n) is 3.49. The van der Waals surface area contributed by atoms with Gasteiger partial charge >= 0.3 is 0 Å². The number of carbonyl (C=O) groups excluding carboxylic acids is 3. The average Bonchev–Trinajstić information content (AvgIpc) is 3.41. The van der Waals surface area contributed by atoms with Crippen molar-refractivity contribution in [3.63, 3.8) is 0 Å². The van der Waals surface area contributed by atoms with Gasteiger partial charge in [0, 0.05) is 30.2 Å². The van der Waals surface area contributed by atoms with E-state index in [9.17, 15) is 14.4 Å². The van der Waals surface area contributed by atoms with E-state index in [4.69, 9.17) is 4.42 Å². The van der Waals surface area contributed by atoms with Crippen LogP contribution in [0.2, 0.25) is 0 Å². The number of hydrazine groups is 1. The second-order valence-electron chi connectivity index (χ2n) is 6.79. The zero-order valence-electron chi connectivity index (χ0n) is 15.1. The van der Waals surface area contributed by atoms with Gasteiger partial charge in [-0.15, -0.1) is 0 Å². The second kappa shape index (κ2) is 7.59. The Bertz CT molecular complexity index is 1010. The summed E-state index contributed by atoms with van der Waals surface area (Å²) in [7, 11) is 0. The first-order valence-corrected chi connectivity index (χ1v) is 9.11. The van der Waals surface area contributed by atoms with Gasteiger partial charge < -0.3 is 14.3 Å². The van der Waals surface area contributed by atoms with Crippen LogP contribution in [0.5, 0.6) is 0 Å². The molecule has 3 amide bonds. The number of aromatic nitrogens is 1. The number of hydrogen-bond acceptors (Lipinski definition) is 4. The molecule has 4 rings (SSSR count). The summed E-state index contributed by atoms with van der Waals surface area (Å²) in [5, 5.41) is 0.781. The van der Waals surface area contributed by atoms with Crippen molar-refractivity contribution in [3.05, 3.63) is 60.2 Å². The molecule has 1 aliphatic heterocycles. The van der Waals surface area contributed by atoms with Crippen LogP contribution in [-0.4, -0.2) is 40.7 Å². The van der Waals surface area contributed by atoms with Crippen LogP contribution >= 0.6 is 0 Å². The first-order valence-electron chi connectivity index (χ1n) is 9.11. The number of aromatic amines is 1. The number of para-hydroxylation sites is 1. The Morgan fingerprint density at radius 3 is 2.82 bits per heavy atom. The smallest absolute Gasteiger partial charge is 0.271 e. The molecule has 0 radical (unpaired) electrons. The lowest BCUT2D eigenvalue weighted by Crippen LogP contribution is -2.50. The third-order valence-corrected chi connectivity index (χ3v) is 4.98. The number of rotatable bonds is 3. The topological polar surface area (TPSA) is 107 Å². The molecule has 3 aromatic rings. The summed E-state index contributed by atoms with van der Waals surface area (Å²) in [6.07, 6.45) is 5.83. The molecule has 1 aromatic carbocycles. The van der Waals surface area contributed by atoms with Gasteiger partial charge in [0.1, 0.15) is 6.26 Å². The van der Waals surface area contributed by atoms with Crippen LogP contribution in [0.25, 0.3) is 10.9 Å². The number of nitrogens with one attached hydrogen (secondary N) is 3. The maximum absolute atomic E-state index is 12.5. The number of piperidine rings is 1. The number of hydrogen-bond donors (Lipinski definition) is 3. The van der Waals surface area contributed by atoms with Gasteiger partial charge in [0.15, 0.2) is 0 Å². The molecule has 0 unspecified atom stereocenters. The van der Waals surface area contributed by atoms with Crippen LogP contribution in [0.3, 0.4) is 0 Å². The summed E-state index contributed by atoms with van der Waals surface area (Å²) in [5.41, 5.74) is 6.73. The largest absolute Gasteiger partial charge is 0.472 e. The van der Waals surface area contributed by atoms with E-state index in [1.54, 1.807) is 17.2 Å². The number of fused-ring (bicyclic) bond motifs is 1. The van der Waals surface area contributed by atoms with E-state index in [1.165, 1.54) is 12.5 Å². The SMILES string of the molecule is O=C(NNC(=O)[C@@H]1CCCN(C(=O)c2ccoc2)C1)c1c[nH]c2ccccc12. The lowest BCUT2D eigenvalue weighted by atomic mass is 9.97. The minimum absolute atomic E-state index is 0.158. The zero-order chi connectivity index (χ0) is 19.5. The lowest BCUT2D eigenvalue weighted by Gasteiger charge is -2.31. The van der Waals surface area contributed by atoms with Gasteiger partial charge in [0.05, 0.1) is 23.3 Å². The van der Waals surface area contributed by atoms with Crippen molar-refractivity contribution < 1.29 is 18.8 Å². The van der Waals surface area contributed by atoms with E-state index >= 15 is 0 Å². The van der Waals surface area contributed by atoms with Crippen LogP contribution in [0.4, 0.5) is 0 Å². The molecule has 1 saturated heterocycles. The van der Waals surface area contributed by atoms with Crippen molar-refractivity contribution in [2.45, 2.75) is 12.8 Å². The zero-order valence-corrected chi connectivity index (χ0v) is 15.1. The van der Waals surface area contributed by atoms with E-state index in [-0.39, 0.29) is 17.7 Å². The van der Waals surface area contributed by atoms with Crippen LogP contribution in [-0.2, 0) is 4.79 Å². The molecule has 28 heavy (non-hydrogen) atoms. The van der Waals surface area contributed by atoms with E-state index in [0.29, 0.717) is 30.6 Å². The number of amides is 3. The fourth-order valence-corrected chi connectivity index (χ4v) is 3.49. The summed E-state index contributed by atoms with van der Waals surface area (Å²) < 4.78 is 4.95. The quantitative estimate of drug-likeness (QED) is 0.605. The number of furan rings is 1. The van der Waals surface area contributed by atoms with Crippen molar-refractivity contribution in [1.82, 2.24) is 20.7 Å². The number of likely N-dealkylation sites (tertiary alicyclic amines) is 1. The lowest BCUT2D eigenvalue weighted by molar-refractivity contribution is -0.127. The number of H-pyrrole nitrogens is 1. The highest BCUT2D eigenvalue weighted by Gasteiger charge is 2.29. The monoisotopic (exact) mass is 380 g/mol. The maximum atomic E-state index is 12.5. The molecule has 3 heterocycles. The standard InChI is InChI=1S/C20H20N4O4/c25-18(13-4-3-8-24(11-13)20(27)14-7-9-28-12-14)22-23-19(26)16-10-21-17-6-2-1-5-15(16)17/h1-2,5-7,9-10,12-13,21H,3-4,8,11H2,(H,22,25)(H,23,26)/t13-/m1/s1. The fraction of sp³-hybridized carbons (Fsp3) is 0.250. The number of benzene rings is 1. The molecule has 8 heteroatoms. The number of nitrogens with zero attached hydrogens (tertiary/aromatic N) is 1. The van der Waals surface area contributed by atoms with E-state index in [2.05, 4.69) is 15.8 Å². The van der Waals surface area contributed by atoms with Crippen LogP contribution < -0.4 is 10.9 Å². The van der Waals surface area contributed by atoms with Gasteiger partial charge in [0.2, 0.25) is 5.91 Å². The third-order valence-electron chi connectivity index (χ3n) is 4.98. The van der Waals surface area contributed by atoms with Crippen molar-refractivity contribution in [3.8, 4) is 0 Å². The summed E-state index contributed by atoms with van der Waals surface area (Å²) in [6.45, 7) is 0.897. The Kier molecular flexibility index (Phi) is 4.84. The predicted molar refractivity (Wildman–Crippen MR) is 101 cm³/mol. The molecule has 1 aliphatic rings. The summed E-state index contributed by atoms with van der Waals surface area (Å²) in [5.74, 6) is -1.24. The molecule has 1 fully saturated rings. The third kappa shape index (κ3) is 3.48. The van der Waals surface area contributed by atoms with Gasteiger partial charge in [-0.3, -0.25) is 25.2 Å². The second-order valence-corrected chi connectivity index (χ2v) is 6.79. The Balaban J connectivity index is 1.35. The minimum atomic E-state index is -0.395. The van der Waals surface area contributed by atoms with E-state index < -0.39 is 5.91 Å². The van der Waals surface area contributed by atoms with Gasteiger partial charge in [-0.1, -0.05) is 18.2 Å². The predicted octanol–water partition coefficient (Wildman–Crippen LogP) is 2.07. The van der Waals surface area contributed by atoms with Crippen LogP contribution in [0, 0.1) is 5.92 Å². The summed E-state index contributed by atoms with van der Waals surface area (Å²) in [4.78, 5) is 42.0. The van der Waals surface area contributed by atoms with Crippen molar-refractivity contribution in [2.24, 2.45) is 5.92 Å². The minimum Gasteiger partial charge on any atom is -0.472 e. The van der Waals surface area contributed by atoms with Crippen LogP contribution in [0.1, 0.15) is 33.6 Å². The molecular formula is C20H20N4O4.